The second kappa shape index (κ2) is 7.13. The van der Waals surface area contributed by atoms with E-state index in [1.807, 2.05) is 6.92 Å². The highest BCUT2D eigenvalue weighted by Gasteiger charge is 2.08. The van der Waals surface area contributed by atoms with Gasteiger partial charge in [0.1, 0.15) is 17.4 Å². The van der Waals surface area contributed by atoms with Crippen LogP contribution in [0.15, 0.2) is 36.4 Å². The third kappa shape index (κ3) is 4.49. The summed E-state index contributed by atoms with van der Waals surface area (Å²) < 4.78 is 45.4. The minimum Gasteiger partial charge on any atom is -0.454 e. The molecule has 0 radical (unpaired) electrons. The van der Waals surface area contributed by atoms with E-state index in [1.54, 1.807) is 6.07 Å². The predicted molar refractivity (Wildman–Crippen MR) is 74.8 cm³/mol. The first-order valence-electron chi connectivity index (χ1n) is 6.71. The number of nitrogens with one attached hydrogen (secondary N) is 1. The van der Waals surface area contributed by atoms with Gasteiger partial charge in [-0.1, -0.05) is 6.92 Å². The minimum atomic E-state index is -0.702. The van der Waals surface area contributed by atoms with E-state index in [1.165, 1.54) is 6.07 Å². The van der Waals surface area contributed by atoms with Gasteiger partial charge < -0.3 is 10.1 Å². The van der Waals surface area contributed by atoms with Crippen molar-refractivity contribution >= 4 is 0 Å². The van der Waals surface area contributed by atoms with Crippen LogP contribution in [0.5, 0.6) is 11.5 Å². The molecule has 0 saturated heterocycles. The Balaban J connectivity index is 2.17. The second-order valence-electron chi connectivity index (χ2n) is 4.65. The van der Waals surface area contributed by atoms with Crippen LogP contribution in [0, 0.1) is 17.5 Å². The quantitative estimate of drug-likeness (QED) is 0.798. The van der Waals surface area contributed by atoms with Crippen molar-refractivity contribution in [2.24, 2.45) is 0 Å². The van der Waals surface area contributed by atoms with Crippen molar-refractivity contribution in [2.75, 3.05) is 6.54 Å². The molecule has 2 nitrogen and oxygen atoms in total. The lowest BCUT2D eigenvalue weighted by Gasteiger charge is -2.10. The first-order chi connectivity index (χ1) is 10.1. The van der Waals surface area contributed by atoms with E-state index in [9.17, 15) is 13.2 Å². The van der Waals surface area contributed by atoms with Crippen LogP contribution in [0.1, 0.15) is 18.9 Å². The molecule has 0 heterocycles. The van der Waals surface area contributed by atoms with Gasteiger partial charge in [0.15, 0.2) is 11.6 Å². The zero-order valence-electron chi connectivity index (χ0n) is 11.6. The van der Waals surface area contributed by atoms with Gasteiger partial charge in [-0.2, -0.15) is 0 Å². The van der Waals surface area contributed by atoms with E-state index in [2.05, 4.69) is 5.32 Å². The van der Waals surface area contributed by atoms with Gasteiger partial charge in [0.05, 0.1) is 0 Å². The molecule has 0 spiro atoms. The molecule has 0 amide bonds. The molecule has 0 atom stereocenters. The Morgan fingerprint density at radius 2 is 1.81 bits per heavy atom. The van der Waals surface area contributed by atoms with Crippen LogP contribution >= 0.6 is 0 Å². The zero-order chi connectivity index (χ0) is 15.2. The fraction of sp³-hybridized carbons (Fsp3) is 0.250. The lowest BCUT2D eigenvalue weighted by molar-refractivity contribution is 0.432. The van der Waals surface area contributed by atoms with E-state index in [4.69, 9.17) is 4.74 Å². The summed E-state index contributed by atoms with van der Waals surface area (Å²) in [6, 6.07) is 6.98. The molecular weight excluding hydrogens is 279 g/mol. The van der Waals surface area contributed by atoms with Crippen LogP contribution in [0.2, 0.25) is 0 Å². The van der Waals surface area contributed by atoms with Crippen LogP contribution in [0.4, 0.5) is 13.2 Å². The van der Waals surface area contributed by atoms with Crippen molar-refractivity contribution in [1.29, 1.82) is 0 Å². The fourth-order valence-electron chi connectivity index (χ4n) is 1.87. The molecular formula is C16H16F3NO. The van der Waals surface area contributed by atoms with Gasteiger partial charge in [0.2, 0.25) is 0 Å². The predicted octanol–water partition coefficient (Wildman–Crippen LogP) is 4.40. The molecule has 0 aliphatic heterocycles. The highest BCUT2D eigenvalue weighted by atomic mass is 19.1. The number of benzene rings is 2. The van der Waals surface area contributed by atoms with Crippen molar-refractivity contribution in [3.63, 3.8) is 0 Å². The summed E-state index contributed by atoms with van der Waals surface area (Å²) in [6.45, 7) is 3.32. The molecule has 0 aliphatic rings. The van der Waals surface area contributed by atoms with Crippen molar-refractivity contribution < 1.29 is 17.9 Å². The molecule has 0 aromatic heterocycles. The van der Waals surface area contributed by atoms with E-state index in [0.29, 0.717) is 12.1 Å². The zero-order valence-corrected chi connectivity index (χ0v) is 11.6. The summed E-state index contributed by atoms with van der Waals surface area (Å²) in [5.74, 6) is -1.95. The Morgan fingerprint density at radius 3 is 2.57 bits per heavy atom. The summed E-state index contributed by atoms with van der Waals surface area (Å²) >= 11 is 0. The molecule has 0 saturated carbocycles. The molecule has 112 valence electrons. The number of hydrogen-bond donors (Lipinski definition) is 1. The Labute approximate surface area is 121 Å². The Morgan fingerprint density at radius 1 is 1.00 bits per heavy atom. The number of hydrogen-bond acceptors (Lipinski definition) is 2. The Kier molecular flexibility index (Phi) is 5.22. The average Bonchev–Trinajstić information content (AvgIpc) is 2.43. The van der Waals surface area contributed by atoms with Crippen molar-refractivity contribution in [2.45, 2.75) is 19.9 Å². The highest BCUT2D eigenvalue weighted by Crippen LogP contribution is 2.26. The molecule has 1 N–H and O–H groups in total. The van der Waals surface area contributed by atoms with Crippen molar-refractivity contribution in [3.05, 3.63) is 59.4 Å². The van der Waals surface area contributed by atoms with Gasteiger partial charge in [-0.15, -0.1) is 0 Å². The van der Waals surface area contributed by atoms with Gasteiger partial charge >= 0.3 is 0 Å². The van der Waals surface area contributed by atoms with Crippen LogP contribution in [-0.4, -0.2) is 6.54 Å². The maximum absolute atomic E-state index is 13.5. The van der Waals surface area contributed by atoms with Gasteiger partial charge in [0.25, 0.3) is 0 Å². The summed E-state index contributed by atoms with van der Waals surface area (Å²) in [6.07, 6.45) is 0.965. The van der Waals surface area contributed by atoms with Crippen LogP contribution in [0.3, 0.4) is 0 Å². The van der Waals surface area contributed by atoms with Gasteiger partial charge in [-0.25, -0.2) is 13.2 Å². The van der Waals surface area contributed by atoms with Crippen molar-refractivity contribution in [3.8, 4) is 11.5 Å². The van der Waals surface area contributed by atoms with E-state index in [0.717, 1.165) is 37.2 Å². The topological polar surface area (TPSA) is 21.3 Å². The number of ether oxygens (including phenoxy) is 1. The van der Waals surface area contributed by atoms with E-state index >= 15 is 0 Å². The molecule has 0 bridgehead atoms. The molecule has 0 fully saturated rings. The fourth-order valence-corrected chi connectivity index (χ4v) is 1.87. The van der Waals surface area contributed by atoms with E-state index < -0.39 is 17.5 Å². The molecule has 0 aliphatic carbocycles. The summed E-state index contributed by atoms with van der Waals surface area (Å²) in [5, 5.41) is 3.13. The molecule has 5 heteroatoms. The minimum absolute atomic E-state index is 0.132. The second-order valence-corrected chi connectivity index (χ2v) is 4.65. The number of halogens is 3. The maximum atomic E-state index is 13.5. The highest BCUT2D eigenvalue weighted by molar-refractivity contribution is 5.35. The normalized spacial score (nSPS) is 10.7. The standard InChI is InChI=1S/C16H16F3NO/c1-2-5-20-10-11-6-13(18)8-14(7-11)21-16-9-12(17)3-4-15(16)19/h3-4,6-9,20H,2,5,10H2,1H3. The smallest absolute Gasteiger partial charge is 0.165 e. The average molecular weight is 295 g/mol. The summed E-state index contributed by atoms with van der Waals surface area (Å²) in [5.41, 5.74) is 0.676. The Bertz CT molecular complexity index is 616. The largest absolute Gasteiger partial charge is 0.454 e. The van der Waals surface area contributed by atoms with Crippen LogP contribution in [0.25, 0.3) is 0 Å². The van der Waals surface area contributed by atoms with Gasteiger partial charge in [0, 0.05) is 18.7 Å². The van der Waals surface area contributed by atoms with Crippen LogP contribution < -0.4 is 10.1 Å². The van der Waals surface area contributed by atoms with Gasteiger partial charge in [-0.05, 0) is 42.8 Å². The van der Waals surface area contributed by atoms with E-state index in [-0.39, 0.29) is 11.5 Å². The lowest BCUT2D eigenvalue weighted by atomic mass is 10.2. The first-order valence-corrected chi connectivity index (χ1v) is 6.71. The summed E-state index contributed by atoms with van der Waals surface area (Å²) in [7, 11) is 0. The third-order valence-electron chi connectivity index (χ3n) is 2.81. The number of rotatable bonds is 6. The third-order valence-corrected chi connectivity index (χ3v) is 2.81. The SMILES string of the molecule is CCCNCc1cc(F)cc(Oc2cc(F)ccc2F)c1. The first kappa shape index (κ1) is 15.4. The molecule has 2 aromatic carbocycles. The van der Waals surface area contributed by atoms with Gasteiger partial charge in [-0.3, -0.25) is 0 Å². The molecule has 2 aromatic rings. The maximum Gasteiger partial charge on any atom is 0.165 e. The Hall–Kier alpha value is -2.01. The van der Waals surface area contributed by atoms with Crippen LogP contribution in [-0.2, 0) is 6.54 Å². The van der Waals surface area contributed by atoms with Crippen molar-refractivity contribution in [1.82, 2.24) is 5.32 Å². The molecule has 0 unspecified atom stereocenters. The molecule has 2 rings (SSSR count). The monoisotopic (exact) mass is 295 g/mol. The molecule has 21 heavy (non-hydrogen) atoms. The summed E-state index contributed by atoms with van der Waals surface area (Å²) in [4.78, 5) is 0. The lowest BCUT2D eigenvalue weighted by Crippen LogP contribution is -2.13.